The van der Waals surface area contributed by atoms with Gasteiger partial charge in [-0.1, -0.05) is 41.5 Å². The second-order valence-electron chi connectivity index (χ2n) is 11.8. The molecular weight excluding hydrogens is 544 g/mol. The SMILES string of the molecule is CCOC(OCC)[C@@H](NC(=O)[C@@H]1CCCN1C(=O)[C@@H](NC(=O)[C@H](CC(C)C)NC(=O)CCC(=O)OC)C(C)C)C(C)C. The molecule has 4 atom stereocenters. The van der Waals surface area contributed by atoms with Crippen LogP contribution >= 0.6 is 0 Å². The summed E-state index contributed by atoms with van der Waals surface area (Å²) in [5.74, 6) is -2.27. The highest BCUT2D eigenvalue weighted by molar-refractivity contribution is 5.95. The van der Waals surface area contributed by atoms with Crippen LogP contribution in [-0.4, -0.2) is 91.8 Å². The predicted octanol–water partition coefficient (Wildman–Crippen LogP) is 2.14. The smallest absolute Gasteiger partial charge is 0.306 e. The molecule has 1 fully saturated rings. The molecule has 0 saturated carbocycles. The van der Waals surface area contributed by atoms with Gasteiger partial charge in [-0.2, -0.15) is 0 Å². The Kier molecular flexibility index (Phi) is 16.6. The molecule has 0 spiro atoms. The summed E-state index contributed by atoms with van der Waals surface area (Å²) in [5.41, 5.74) is 0. The maximum atomic E-state index is 13.8. The predicted molar refractivity (Wildman–Crippen MR) is 158 cm³/mol. The van der Waals surface area contributed by atoms with Gasteiger partial charge in [0.2, 0.25) is 23.6 Å². The molecule has 12 heteroatoms. The Hall–Kier alpha value is -2.73. The van der Waals surface area contributed by atoms with Crippen molar-refractivity contribution in [3.8, 4) is 0 Å². The van der Waals surface area contributed by atoms with Crippen molar-refractivity contribution in [1.29, 1.82) is 0 Å². The summed E-state index contributed by atoms with van der Waals surface area (Å²) in [6, 6.07) is -2.88. The molecule has 0 aromatic carbocycles. The third-order valence-corrected chi connectivity index (χ3v) is 7.19. The molecule has 242 valence electrons. The van der Waals surface area contributed by atoms with Crippen LogP contribution < -0.4 is 16.0 Å². The minimum absolute atomic E-state index is 0.0195. The van der Waals surface area contributed by atoms with E-state index in [2.05, 4.69) is 20.7 Å². The molecule has 1 rings (SSSR count). The van der Waals surface area contributed by atoms with Crippen LogP contribution in [0.5, 0.6) is 0 Å². The number of nitrogens with zero attached hydrogens (tertiary/aromatic N) is 1. The van der Waals surface area contributed by atoms with E-state index in [4.69, 9.17) is 9.47 Å². The Bertz CT molecular complexity index is 889. The van der Waals surface area contributed by atoms with Gasteiger partial charge in [-0.05, 0) is 50.9 Å². The van der Waals surface area contributed by atoms with Crippen molar-refractivity contribution in [3.63, 3.8) is 0 Å². The van der Waals surface area contributed by atoms with Gasteiger partial charge in [0.15, 0.2) is 6.29 Å². The fourth-order valence-corrected chi connectivity index (χ4v) is 4.93. The van der Waals surface area contributed by atoms with E-state index in [1.165, 1.54) is 7.11 Å². The average Bonchev–Trinajstić information content (AvgIpc) is 3.42. The third-order valence-electron chi connectivity index (χ3n) is 7.19. The first-order valence-corrected chi connectivity index (χ1v) is 15.3. The second kappa shape index (κ2) is 18.7. The Morgan fingerprint density at radius 3 is 1.98 bits per heavy atom. The number of likely N-dealkylation sites (tertiary alicyclic amines) is 1. The molecule has 0 aromatic heterocycles. The number of hydrogen-bond donors (Lipinski definition) is 3. The molecule has 42 heavy (non-hydrogen) atoms. The van der Waals surface area contributed by atoms with Gasteiger partial charge in [-0.3, -0.25) is 24.0 Å². The topological polar surface area (TPSA) is 152 Å². The number of hydrogen-bond acceptors (Lipinski definition) is 8. The van der Waals surface area contributed by atoms with E-state index in [0.717, 1.165) is 0 Å². The summed E-state index contributed by atoms with van der Waals surface area (Å²) in [4.78, 5) is 66.1. The van der Waals surface area contributed by atoms with Gasteiger partial charge < -0.3 is 35.1 Å². The van der Waals surface area contributed by atoms with Crippen LogP contribution in [0.3, 0.4) is 0 Å². The van der Waals surface area contributed by atoms with Crippen molar-refractivity contribution < 1.29 is 38.2 Å². The lowest BCUT2D eigenvalue weighted by Crippen LogP contribution is -2.59. The van der Waals surface area contributed by atoms with Crippen LogP contribution in [0, 0.1) is 17.8 Å². The fraction of sp³-hybridized carbons (Fsp3) is 0.833. The van der Waals surface area contributed by atoms with Crippen LogP contribution in [-0.2, 0) is 38.2 Å². The van der Waals surface area contributed by atoms with Gasteiger partial charge in [0.05, 0.1) is 19.6 Å². The molecule has 1 aliphatic heterocycles. The first kappa shape index (κ1) is 37.3. The largest absolute Gasteiger partial charge is 0.469 e. The minimum Gasteiger partial charge on any atom is -0.469 e. The second-order valence-corrected chi connectivity index (χ2v) is 11.8. The van der Waals surface area contributed by atoms with Gasteiger partial charge in [0, 0.05) is 26.2 Å². The van der Waals surface area contributed by atoms with Gasteiger partial charge in [0.1, 0.15) is 18.1 Å². The summed E-state index contributed by atoms with van der Waals surface area (Å²) < 4.78 is 16.1. The number of nitrogens with one attached hydrogen (secondary N) is 3. The number of ether oxygens (including phenoxy) is 3. The third kappa shape index (κ3) is 11.9. The number of rotatable bonds is 18. The van der Waals surface area contributed by atoms with Gasteiger partial charge in [0.25, 0.3) is 0 Å². The number of esters is 1. The highest BCUT2D eigenvalue weighted by Gasteiger charge is 2.41. The summed E-state index contributed by atoms with van der Waals surface area (Å²) in [7, 11) is 1.24. The van der Waals surface area contributed by atoms with Crippen molar-refractivity contribution in [2.45, 2.75) is 118 Å². The molecule has 1 saturated heterocycles. The molecule has 0 unspecified atom stereocenters. The molecule has 1 heterocycles. The maximum absolute atomic E-state index is 13.8. The highest BCUT2D eigenvalue weighted by Crippen LogP contribution is 2.22. The van der Waals surface area contributed by atoms with Crippen molar-refractivity contribution in [1.82, 2.24) is 20.9 Å². The highest BCUT2D eigenvalue weighted by atomic mass is 16.7. The number of carbonyl (C=O) groups is 5. The molecule has 0 radical (unpaired) electrons. The Morgan fingerprint density at radius 1 is 0.857 bits per heavy atom. The van der Waals surface area contributed by atoms with Crippen LogP contribution in [0.2, 0.25) is 0 Å². The van der Waals surface area contributed by atoms with Crippen molar-refractivity contribution in [2.75, 3.05) is 26.9 Å². The summed E-state index contributed by atoms with van der Waals surface area (Å²) in [6.07, 6.45) is 0.676. The molecule has 0 aliphatic carbocycles. The Balaban J connectivity index is 3.05. The first-order valence-electron chi connectivity index (χ1n) is 15.3. The zero-order valence-electron chi connectivity index (χ0n) is 27.0. The molecule has 12 nitrogen and oxygen atoms in total. The summed E-state index contributed by atoms with van der Waals surface area (Å²) in [5, 5.41) is 8.60. The van der Waals surface area contributed by atoms with E-state index in [-0.39, 0.29) is 42.4 Å². The van der Waals surface area contributed by atoms with Crippen molar-refractivity contribution >= 4 is 29.6 Å². The van der Waals surface area contributed by atoms with E-state index in [1.54, 1.807) is 4.90 Å². The normalized spacial score (nSPS) is 17.4. The zero-order chi connectivity index (χ0) is 32.0. The van der Waals surface area contributed by atoms with E-state index in [1.807, 2.05) is 55.4 Å². The van der Waals surface area contributed by atoms with Crippen LogP contribution in [0.25, 0.3) is 0 Å². The number of methoxy groups -OCH3 is 1. The molecule has 4 amide bonds. The van der Waals surface area contributed by atoms with Gasteiger partial charge >= 0.3 is 5.97 Å². The lowest BCUT2D eigenvalue weighted by molar-refractivity contribution is -0.166. The van der Waals surface area contributed by atoms with E-state index in [9.17, 15) is 24.0 Å². The van der Waals surface area contributed by atoms with Crippen LogP contribution in [0.15, 0.2) is 0 Å². The van der Waals surface area contributed by atoms with Crippen molar-refractivity contribution in [3.05, 3.63) is 0 Å². The van der Waals surface area contributed by atoms with Gasteiger partial charge in [-0.25, -0.2) is 0 Å². The molecule has 0 bridgehead atoms. The monoisotopic (exact) mass is 598 g/mol. The Morgan fingerprint density at radius 2 is 1.48 bits per heavy atom. The lowest BCUT2D eigenvalue weighted by Gasteiger charge is -2.34. The van der Waals surface area contributed by atoms with Crippen molar-refractivity contribution in [2.24, 2.45) is 17.8 Å². The maximum Gasteiger partial charge on any atom is 0.306 e. The molecule has 3 N–H and O–H groups in total. The molecule has 0 aromatic rings. The van der Waals surface area contributed by atoms with Crippen LogP contribution in [0.4, 0.5) is 0 Å². The van der Waals surface area contributed by atoms with Gasteiger partial charge in [-0.15, -0.1) is 0 Å². The fourth-order valence-electron chi connectivity index (χ4n) is 4.93. The van der Waals surface area contributed by atoms with E-state index < -0.39 is 48.2 Å². The van der Waals surface area contributed by atoms with E-state index in [0.29, 0.717) is 39.0 Å². The summed E-state index contributed by atoms with van der Waals surface area (Å²) in [6.45, 7) is 16.4. The van der Waals surface area contributed by atoms with E-state index >= 15 is 0 Å². The minimum atomic E-state index is -0.895. The average molecular weight is 599 g/mol. The standard InChI is InChI=1S/C30H54N4O8/c1-10-41-30(42-11-2)26(20(7)8)33-28(38)22-13-12-16-34(22)29(39)25(19(5)6)32-27(37)21(17-18(3)4)31-23(35)14-15-24(36)40-9/h18-22,25-26,30H,10-17H2,1-9H3,(H,31,35)(H,32,37)(H,33,38)/t21-,22-,25-,26-/m0/s1. The quantitative estimate of drug-likeness (QED) is 0.160. The number of amides is 4. The first-order chi connectivity index (χ1) is 19.8. The summed E-state index contributed by atoms with van der Waals surface area (Å²) >= 11 is 0. The molecular formula is C30H54N4O8. The molecule has 1 aliphatic rings. The lowest BCUT2D eigenvalue weighted by atomic mass is 9.99. The Labute approximate surface area is 251 Å². The van der Waals surface area contributed by atoms with Crippen LogP contribution in [0.1, 0.15) is 87.5 Å². The number of carbonyl (C=O) groups excluding carboxylic acids is 5. The zero-order valence-corrected chi connectivity index (χ0v) is 27.0.